The molecule has 1 heterocycles. The second-order valence-corrected chi connectivity index (χ2v) is 15.5. The van der Waals surface area contributed by atoms with E-state index in [1.807, 2.05) is 6.92 Å². The van der Waals surface area contributed by atoms with Crippen LogP contribution in [0.3, 0.4) is 0 Å². The monoisotopic (exact) mass is 576 g/mol. The van der Waals surface area contributed by atoms with Crippen molar-refractivity contribution in [2.45, 2.75) is 85.7 Å². The Morgan fingerprint density at radius 1 is 1.24 bits per heavy atom. The second-order valence-electron chi connectivity index (χ2n) is 11.1. The summed E-state index contributed by atoms with van der Waals surface area (Å²) in [5.41, 5.74) is 3.11. The Hall–Kier alpha value is -0.670. The predicted molar refractivity (Wildman–Crippen MR) is 149 cm³/mol. The molecule has 1 saturated carbocycles. The van der Waals surface area contributed by atoms with Crippen LogP contribution in [-0.2, 0) is 4.79 Å². The van der Waals surface area contributed by atoms with Gasteiger partial charge >= 0.3 is 210 Å². The Morgan fingerprint density at radius 2 is 2.00 bits per heavy atom. The molecule has 0 aromatic carbocycles. The maximum absolute atomic E-state index is 13.2. The van der Waals surface area contributed by atoms with Crippen LogP contribution in [0.4, 0.5) is 0 Å². The van der Waals surface area contributed by atoms with E-state index in [0.717, 1.165) is 43.2 Å². The summed E-state index contributed by atoms with van der Waals surface area (Å²) in [5, 5.41) is 18.9. The van der Waals surface area contributed by atoms with Crippen LogP contribution in [0.25, 0.3) is 0 Å². The molecule has 2 rings (SSSR count). The normalized spacial score (nSPS) is 32.0. The van der Waals surface area contributed by atoms with Crippen LogP contribution in [0.2, 0.25) is 0 Å². The number of rotatable bonds is 11. The van der Waals surface area contributed by atoms with Gasteiger partial charge in [-0.1, -0.05) is 0 Å². The van der Waals surface area contributed by atoms with Gasteiger partial charge in [-0.25, -0.2) is 0 Å². The van der Waals surface area contributed by atoms with Crippen molar-refractivity contribution >= 4 is 31.7 Å². The molecule has 2 unspecified atom stereocenters. The van der Waals surface area contributed by atoms with Gasteiger partial charge in [0, 0.05) is 0 Å². The minimum absolute atomic E-state index is 0.00965. The number of carbonyl (C=O) groups excluding carboxylic acids is 1. The molecule has 0 bridgehead atoms. The Kier molecular flexibility index (Phi) is 12.1. The van der Waals surface area contributed by atoms with Crippen LogP contribution in [-0.4, -0.2) is 46.4 Å². The number of hydrogen-bond donors (Lipinski definition) is 4. The van der Waals surface area contributed by atoms with Gasteiger partial charge < -0.3 is 0 Å². The minimum atomic E-state index is -1.72. The first kappa shape index (κ1) is 28.6. The van der Waals surface area contributed by atoms with Crippen molar-refractivity contribution in [1.29, 1.82) is 0 Å². The summed E-state index contributed by atoms with van der Waals surface area (Å²) < 4.78 is 6.84. The second kappa shape index (κ2) is 14.0. The zero-order valence-electron chi connectivity index (χ0n) is 21.8. The Labute approximate surface area is 209 Å². The van der Waals surface area contributed by atoms with Crippen LogP contribution in [0.15, 0.2) is 15.3 Å². The molecule has 4 N–H and O–H groups in total. The molecule has 0 aromatic heterocycles. The topological polar surface area (TPSA) is 85.8 Å². The van der Waals surface area contributed by atoms with Crippen molar-refractivity contribution in [2.24, 2.45) is 34.7 Å². The van der Waals surface area contributed by atoms with Crippen molar-refractivity contribution < 1.29 is 9.90 Å². The molecule has 0 aromatic rings. The van der Waals surface area contributed by atoms with E-state index in [0.29, 0.717) is 42.3 Å². The number of hydrogen-bond acceptors (Lipinski definition) is 5. The van der Waals surface area contributed by atoms with E-state index in [1.54, 1.807) is 0 Å². The molecule has 1 aliphatic carbocycles. The molecular formula is C26H49IN4O2. The number of aliphatic hydroxyl groups is 1. The van der Waals surface area contributed by atoms with Gasteiger partial charge in [-0.2, -0.15) is 0 Å². The third kappa shape index (κ3) is 10.2. The fourth-order valence-electron chi connectivity index (χ4n) is 4.77. The number of alkyl halides is 1. The van der Waals surface area contributed by atoms with Gasteiger partial charge in [0.1, 0.15) is 0 Å². The number of hydrazone groups is 1. The average molecular weight is 577 g/mol. The first-order valence-electron chi connectivity index (χ1n) is 13.0. The third-order valence-corrected chi connectivity index (χ3v) is 11.7. The quantitative estimate of drug-likeness (QED) is 0.0706. The summed E-state index contributed by atoms with van der Waals surface area (Å²) in [4.78, 5) is 13.2. The van der Waals surface area contributed by atoms with E-state index in [2.05, 4.69) is 64.2 Å². The van der Waals surface area contributed by atoms with E-state index in [1.165, 1.54) is 6.42 Å². The average Bonchev–Trinajstić information content (AvgIpc) is 2.90. The van der Waals surface area contributed by atoms with Crippen molar-refractivity contribution in [1.82, 2.24) is 14.3 Å². The predicted octanol–water partition coefficient (Wildman–Crippen LogP) is 4.87. The fraction of sp³-hybridized carbons (Fsp3) is 0.846. The Balaban J connectivity index is 1.97. The summed E-state index contributed by atoms with van der Waals surface area (Å²) >= 11 is -1.72. The van der Waals surface area contributed by atoms with Crippen LogP contribution < -0.4 is 14.3 Å². The molecule has 0 radical (unpaired) electrons. The number of nitrogens with one attached hydrogen (secondary N) is 3. The van der Waals surface area contributed by atoms with Gasteiger partial charge in [-0.15, -0.1) is 0 Å². The van der Waals surface area contributed by atoms with Crippen LogP contribution in [0, 0.1) is 29.6 Å². The molecule has 5 atom stereocenters. The number of carbonyl (C=O) groups is 1. The molecule has 7 heteroatoms. The van der Waals surface area contributed by atoms with E-state index in [4.69, 9.17) is 0 Å². The molecule has 6 nitrogen and oxygen atoms in total. The number of nitrogens with zero attached hydrogens (tertiary/aromatic N) is 1. The molecule has 1 aliphatic heterocycles. The van der Waals surface area contributed by atoms with Crippen molar-refractivity contribution in [3.8, 4) is 0 Å². The number of halogens is 1. The molecule has 1 fully saturated rings. The van der Waals surface area contributed by atoms with E-state index < -0.39 is 25.7 Å². The maximum atomic E-state index is 13.2. The molecule has 0 spiro atoms. The van der Waals surface area contributed by atoms with Crippen LogP contribution >= 0.6 is 20.1 Å². The van der Waals surface area contributed by atoms with Crippen molar-refractivity contribution in [2.75, 3.05) is 24.1 Å². The van der Waals surface area contributed by atoms with Gasteiger partial charge in [-0.05, 0) is 0 Å². The fourth-order valence-corrected chi connectivity index (χ4v) is 9.47. The summed E-state index contributed by atoms with van der Waals surface area (Å²) in [6.45, 7) is 15.6. The third-order valence-electron chi connectivity index (χ3n) is 6.80. The van der Waals surface area contributed by atoms with Gasteiger partial charge in [-0.3, -0.25) is 0 Å². The Morgan fingerprint density at radius 3 is 2.70 bits per heavy atom. The van der Waals surface area contributed by atoms with E-state index in [9.17, 15) is 9.90 Å². The van der Waals surface area contributed by atoms with Gasteiger partial charge in [0.2, 0.25) is 0 Å². The molecule has 0 saturated heterocycles. The van der Waals surface area contributed by atoms with Crippen molar-refractivity contribution in [3.63, 3.8) is 0 Å². The first-order chi connectivity index (χ1) is 15.6. The van der Waals surface area contributed by atoms with Crippen LogP contribution in [0.5, 0.6) is 0 Å². The Bertz CT molecular complexity index is 665. The van der Waals surface area contributed by atoms with Gasteiger partial charge in [0.05, 0.1) is 0 Å². The summed E-state index contributed by atoms with van der Waals surface area (Å²) in [6.07, 6.45) is 8.24. The SMILES string of the molecule is CCCNCC1C=CI(NC(=O)/C(CC(C)C)=N/NCC2C[C@@H](C)CC[C@]2(C)O)C[C@@H](C)C1. The summed E-state index contributed by atoms with van der Waals surface area (Å²) in [5.74, 6) is 2.31. The van der Waals surface area contributed by atoms with Crippen molar-refractivity contribution in [3.05, 3.63) is 10.2 Å². The molecule has 1 amide bonds. The molecular weight excluding hydrogens is 527 g/mol. The first-order valence-corrected chi connectivity index (χ1v) is 16.8. The standard InChI is InChI=1S/C26H49IN4O2/c1-7-12-28-17-22-9-11-27(16-21(5)14-22)30-25(32)24(13-19(2)3)31-29-18-23-15-20(4)8-10-26(23,6)33/h9,11,19-23,28-29,33H,7-8,10,12-18H2,1-6H3,(H,30,32)/b31-24+/t20-,21-,22?,23?,26-/m0/s1. The van der Waals surface area contributed by atoms with Gasteiger partial charge in [0.25, 0.3) is 0 Å². The molecule has 33 heavy (non-hydrogen) atoms. The zero-order valence-corrected chi connectivity index (χ0v) is 24.0. The summed E-state index contributed by atoms with van der Waals surface area (Å²) in [6, 6.07) is 0. The molecule has 2 aliphatic rings. The molecule has 192 valence electrons. The van der Waals surface area contributed by atoms with E-state index >= 15 is 0 Å². The summed E-state index contributed by atoms with van der Waals surface area (Å²) in [7, 11) is 0. The zero-order chi connectivity index (χ0) is 24.4. The van der Waals surface area contributed by atoms with Crippen LogP contribution in [0.1, 0.15) is 80.1 Å². The van der Waals surface area contributed by atoms with E-state index in [-0.39, 0.29) is 11.8 Å². The van der Waals surface area contributed by atoms with Gasteiger partial charge in [0.15, 0.2) is 0 Å². The number of amides is 1.